The lowest BCUT2D eigenvalue weighted by atomic mass is 10.2. The van der Waals surface area contributed by atoms with Gasteiger partial charge in [-0.1, -0.05) is 11.6 Å². The molecule has 13 heteroatoms. The number of benzene rings is 1. The number of hydrogen-bond acceptors (Lipinski definition) is 9. The van der Waals surface area contributed by atoms with Gasteiger partial charge in [0, 0.05) is 19.4 Å². The monoisotopic (exact) mass is 541 g/mol. The Morgan fingerprint density at radius 1 is 1.08 bits per heavy atom. The van der Waals surface area contributed by atoms with E-state index >= 15 is 0 Å². The number of allylic oxidation sites excluding steroid dienone is 1. The van der Waals surface area contributed by atoms with Gasteiger partial charge in [0.15, 0.2) is 11.7 Å². The van der Waals surface area contributed by atoms with Crippen molar-refractivity contribution in [2.75, 3.05) is 26.1 Å². The fourth-order valence-electron chi connectivity index (χ4n) is 3.43. The maximum absolute atomic E-state index is 13.5. The molecule has 0 saturated carbocycles. The van der Waals surface area contributed by atoms with Gasteiger partial charge in [-0.25, -0.2) is 23.4 Å². The number of rotatable bonds is 11. The van der Waals surface area contributed by atoms with E-state index in [4.69, 9.17) is 14.2 Å². The summed E-state index contributed by atoms with van der Waals surface area (Å²) in [5.41, 5.74) is 1.90. The Balaban J connectivity index is 2.08. The Labute approximate surface area is 222 Å². The van der Waals surface area contributed by atoms with Gasteiger partial charge < -0.3 is 14.2 Å². The first kappa shape index (κ1) is 28.5. The molecule has 0 unspecified atom stereocenters. The smallest absolute Gasteiger partial charge is 0.243 e. The highest BCUT2D eigenvalue weighted by molar-refractivity contribution is 7.93. The number of nitrogens with one attached hydrogen (secondary N) is 1. The maximum Gasteiger partial charge on any atom is 0.243 e. The summed E-state index contributed by atoms with van der Waals surface area (Å²) in [6, 6.07) is 12.1. The molecule has 0 aliphatic heterocycles. The van der Waals surface area contributed by atoms with Crippen molar-refractivity contribution in [1.29, 1.82) is 0 Å². The number of anilines is 1. The molecule has 2 aromatic heterocycles. The Hall–Kier alpha value is -4.10. The maximum atomic E-state index is 13.5. The van der Waals surface area contributed by atoms with Crippen LogP contribution in [0.5, 0.6) is 11.6 Å². The number of amidine groups is 1. The molecule has 1 aromatic carbocycles. The van der Waals surface area contributed by atoms with Crippen molar-refractivity contribution in [1.82, 2.24) is 19.7 Å². The molecular formula is C25H31N7O5S. The molecule has 0 bridgehead atoms. The van der Waals surface area contributed by atoms with Crippen molar-refractivity contribution in [3.05, 3.63) is 54.2 Å². The fourth-order valence-corrected chi connectivity index (χ4v) is 4.57. The summed E-state index contributed by atoms with van der Waals surface area (Å²) in [7, 11) is 0.337. The van der Waals surface area contributed by atoms with Crippen molar-refractivity contribution in [3.8, 4) is 28.8 Å². The van der Waals surface area contributed by atoms with Crippen LogP contribution in [-0.2, 0) is 14.8 Å². The van der Waals surface area contributed by atoms with Crippen LogP contribution in [-0.4, -0.2) is 73.4 Å². The van der Waals surface area contributed by atoms with E-state index in [9.17, 15) is 8.42 Å². The van der Waals surface area contributed by atoms with E-state index in [-0.39, 0.29) is 11.8 Å². The zero-order chi connectivity index (χ0) is 27.9. The molecule has 0 aliphatic carbocycles. The Kier molecular flexibility index (Phi) is 9.31. The first-order valence-electron chi connectivity index (χ1n) is 11.5. The third-order valence-electron chi connectivity index (χ3n) is 5.43. The van der Waals surface area contributed by atoms with Crippen LogP contribution >= 0.6 is 0 Å². The van der Waals surface area contributed by atoms with Gasteiger partial charge in [0.25, 0.3) is 0 Å². The van der Waals surface area contributed by atoms with Crippen LogP contribution in [0.1, 0.15) is 20.8 Å². The highest BCUT2D eigenvalue weighted by Gasteiger charge is 2.34. The summed E-state index contributed by atoms with van der Waals surface area (Å²) in [6.45, 7) is 8.71. The molecule has 38 heavy (non-hydrogen) atoms. The standard InChI is InChI=1S/C25H31N7O5S/c1-16(2)15-27-23(26-4)22(37-7)17(3)38(33,34)31-25-30-29-24(20-9-8-10-21(28-20)36-6)32(25)18-11-13-19(35-5)14-12-18/h8-15,17,22H,4H2,1-3,5-7H3,(H,30,31)/b27-23-/t17-,22-/m0/s1. The molecule has 12 nitrogen and oxygen atoms in total. The van der Waals surface area contributed by atoms with Crippen molar-refractivity contribution >= 4 is 28.5 Å². The van der Waals surface area contributed by atoms with E-state index < -0.39 is 21.4 Å². The number of ether oxygens (including phenoxy) is 3. The van der Waals surface area contributed by atoms with Gasteiger partial charge >= 0.3 is 0 Å². The second-order valence-electron chi connectivity index (χ2n) is 8.31. The van der Waals surface area contributed by atoms with Crippen molar-refractivity contribution < 1.29 is 22.6 Å². The lowest BCUT2D eigenvalue weighted by molar-refractivity contribution is 0.154. The lowest BCUT2D eigenvalue weighted by Gasteiger charge is -2.22. The lowest BCUT2D eigenvalue weighted by Crippen LogP contribution is -2.41. The first-order valence-corrected chi connectivity index (χ1v) is 13.0. The van der Waals surface area contributed by atoms with E-state index in [0.717, 1.165) is 5.57 Å². The topological polar surface area (TPSA) is 142 Å². The molecule has 1 N–H and O–H groups in total. The van der Waals surface area contributed by atoms with Gasteiger partial charge in [-0.15, -0.1) is 10.2 Å². The number of aromatic nitrogens is 4. The molecule has 0 fully saturated rings. The molecule has 0 amide bonds. The van der Waals surface area contributed by atoms with Crippen LogP contribution < -0.4 is 14.2 Å². The van der Waals surface area contributed by atoms with Crippen LogP contribution in [0.25, 0.3) is 17.2 Å². The average molecular weight is 542 g/mol. The Morgan fingerprint density at radius 3 is 2.37 bits per heavy atom. The molecule has 0 aliphatic rings. The summed E-state index contributed by atoms with van der Waals surface area (Å²) in [6.07, 6.45) is 0.564. The first-order chi connectivity index (χ1) is 18.1. The van der Waals surface area contributed by atoms with E-state index in [1.54, 1.807) is 55.8 Å². The molecule has 3 aromatic rings. The Morgan fingerprint density at radius 2 is 1.79 bits per heavy atom. The van der Waals surface area contributed by atoms with Gasteiger partial charge in [0.05, 0.1) is 19.9 Å². The van der Waals surface area contributed by atoms with Crippen molar-refractivity contribution in [2.45, 2.75) is 32.1 Å². The largest absolute Gasteiger partial charge is 0.497 e. The number of hydrogen-bond donors (Lipinski definition) is 1. The van der Waals surface area contributed by atoms with E-state index in [1.807, 2.05) is 13.8 Å². The van der Waals surface area contributed by atoms with Gasteiger partial charge in [0.2, 0.25) is 21.9 Å². The molecule has 202 valence electrons. The quantitative estimate of drug-likeness (QED) is 0.287. The summed E-state index contributed by atoms with van der Waals surface area (Å²) in [4.78, 5) is 12.6. The zero-order valence-electron chi connectivity index (χ0n) is 22.1. The third kappa shape index (κ3) is 6.42. The zero-order valence-corrected chi connectivity index (χ0v) is 22.9. The van der Waals surface area contributed by atoms with Crippen LogP contribution in [0.4, 0.5) is 5.95 Å². The molecule has 0 radical (unpaired) electrons. The average Bonchev–Trinajstić information content (AvgIpc) is 3.33. The predicted octanol–water partition coefficient (Wildman–Crippen LogP) is 3.51. The highest BCUT2D eigenvalue weighted by Crippen LogP contribution is 2.28. The molecule has 2 atom stereocenters. The molecule has 0 saturated heterocycles. The third-order valence-corrected chi connectivity index (χ3v) is 7.12. The summed E-state index contributed by atoms with van der Waals surface area (Å²) in [5.74, 6) is 1.36. The number of aliphatic imine (C=N–C) groups is 2. The van der Waals surface area contributed by atoms with Gasteiger partial charge in [-0.2, -0.15) is 0 Å². The van der Waals surface area contributed by atoms with Crippen LogP contribution in [0.15, 0.2) is 64.2 Å². The fraction of sp³-hybridized carbons (Fsp3) is 0.320. The van der Waals surface area contributed by atoms with Crippen LogP contribution in [0, 0.1) is 0 Å². The van der Waals surface area contributed by atoms with E-state index in [0.29, 0.717) is 28.8 Å². The van der Waals surface area contributed by atoms with Crippen LogP contribution in [0.3, 0.4) is 0 Å². The molecule has 0 spiro atoms. The number of methoxy groups -OCH3 is 3. The number of nitrogens with zero attached hydrogens (tertiary/aromatic N) is 6. The van der Waals surface area contributed by atoms with E-state index in [2.05, 4.69) is 36.6 Å². The number of sulfonamides is 1. The number of pyridine rings is 1. The summed E-state index contributed by atoms with van der Waals surface area (Å²) >= 11 is 0. The minimum atomic E-state index is -4.10. The second-order valence-corrected chi connectivity index (χ2v) is 10.3. The molecule has 2 heterocycles. The van der Waals surface area contributed by atoms with Crippen molar-refractivity contribution in [3.63, 3.8) is 0 Å². The second kappa shape index (κ2) is 12.4. The van der Waals surface area contributed by atoms with Crippen molar-refractivity contribution in [2.24, 2.45) is 9.98 Å². The normalized spacial score (nSPS) is 13.4. The molecule has 3 rings (SSSR count). The van der Waals surface area contributed by atoms with Gasteiger partial charge in [0.1, 0.15) is 22.8 Å². The van der Waals surface area contributed by atoms with Gasteiger partial charge in [-0.05, 0) is 57.8 Å². The van der Waals surface area contributed by atoms with Gasteiger partial charge in [-0.3, -0.25) is 9.29 Å². The SMILES string of the molecule is C=N/C(=N\C=C(C)C)[C@@H](OC)[C@H](C)S(=O)(=O)Nc1nnc(-c2cccc(OC)n2)n1-c1ccc(OC)cc1. The summed E-state index contributed by atoms with van der Waals surface area (Å²) < 4.78 is 47.1. The van der Waals surface area contributed by atoms with Crippen LogP contribution in [0.2, 0.25) is 0 Å². The Bertz CT molecular complexity index is 1430. The van der Waals surface area contributed by atoms with E-state index in [1.165, 1.54) is 25.7 Å². The minimum absolute atomic E-state index is 0.0501. The molecular weight excluding hydrogens is 510 g/mol. The summed E-state index contributed by atoms with van der Waals surface area (Å²) in [5, 5.41) is 7.25. The predicted molar refractivity (Wildman–Crippen MR) is 147 cm³/mol. The highest BCUT2D eigenvalue weighted by atomic mass is 32.2. The minimum Gasteiger partial charge on any atom is -0.497 e.